The highest BCUT2D eigenvalue weighted by Crippen LogP contribution is 2.32. The highest BCUT2D eigenvalue weighted by atomic mass is 14.9. The maximum atomic E-state index is 5.66. The molecule has 1 fully saturated rings. The summed E-state index contributed by atoms with van der Waals surface area (Å²) in [6.45, 7) is 2.99. The van der Waals surface area contributed by atoms with Crippen molar-refractivity contribution in [3.05, 3.63) is 29.6 Å². The Morgan fingerprint density at radius 2 is 2.10 bits per heavy atom. The van der Waals surface area contributed by atoms with E-state index in [4.69, 9.17) is 10.7 Å². The highest BCUT2D eigenvalue weighted by molar-refractivity contribution is 5.76. The third-order valence-electron chi connectivity index (χ3n) is 4.68. The van der Waals surface area contributed by atoms with Crippen LogP contribution in [0.2, 0.25) is 0 Å². The van der Waals surface area contributed by atoms with Crippen molar-refractivity contribution in [1.29, 1.82) is 0 Å². The molecule has 0 aliphatic heterocycles. The Balaban J connectivity index is 1.86. The monoisotopic (exact) mass is 271 g/mol. The lowest BCUT2D eigenvalue weighted by atomic mass is 9.89. The number of fused-ring (bicyclic) bond motifs is 1. The average molecular weight is 271 g/mol. The van der Waals surface area contributed by atoms with Crippen molar-refractivity contribution >= 4 is 11.0 Å². The Kier molecular flexibility index (Phi) is 4.06. The maximum absolute atomic E-state index is 5.66. The zero-order chi connectivity index (χ0) is 13.9. The van der Waals surface area contributed by atoms with E-state index < -0.39 is 0 Å². The summed E-state index contributed by atoms with van der Waals surface area (Å²) in [7, 11) is 0. The third-order valence-corrected chi connectivity index (χ3v) is 4.68. The van der Waals surface area contributed by atoms with E-state index in [1.807, 2.05) is 0 Å². The summed E-state index contributed by atoms with van der Waals surface area (Å²) in [5, 5.41) is 0. The molecule has 1 atom stereocenters. The van der Waals surface area contributed by atoms with Gasteiger partial charge in [0, 0.05) is 5.92 Å². The van der Waals surface area contributed by atoms with Gasteiger partial charge in [-0.05, 0) is 49.4 Å². The van der Waals surface area contributed by atoms with Crippen LogP contribution >= 0.6 is 0 Å². The topological polar surface area (TPSA) is 54.7 Å². The van der Waals surface area contributed by atoms with Gasteiger partial charge in [0.05, 0.1) is 11.0 Å². The van der Waals surface area contributed by atoms with Crippen molar-refractivity contribution in [3.8, 4) is 0 Å². The van der Waals surface area contributed by atoms with Gasteiger partial charge in [0.2, 0.25) is 0 Å². The van der Waals surface area contributed by atoms with Crippen LogP contribution in [-0.2, 0) is 0 Å². The van der Waals surface area contributed by atoms with Crippen molar-refractivity contribution in [3.63, 3.8) is 0 Å². The maximum Gasteiger partial charge on any atom is 0.110 e. The molecule has 1 aromatic heterocycles. The first-order valence-electron chi connectivity index (χ1n) is 7.97. The molecule has 0 bridgehead atoms. The second-order valence-electron chi connectivity index (χ2n) is 6.21. The number of H-pyrrole nitrogens is 1. The molecule has 2 aromatic rings. The Hall–Kier alpha value is -1.35. The van der Waals surface area contributed by atoms with Crippen LogP contribution in [0.1, 0.15) is 68.7 Å². The number of nitrogens with one attached hydrogen (secondary N) is 1. The lowest BCUT2D eigenvalue weighted by Crippen LogP contribution is -2.05. The largest absolute Gasteiger partial charge is 0.342 e. The fourth-order valence-corrected chi connectivity index (χ4v) is 3.34. The van der Waals surface area contributed by atoms with Crippen LogP contribution in [0.4, 0.5) is 0 Å². The molecule has 1 aromatic carbocycles. The number of nitrogens with zero attached hydrogens (tertiary/aromatic N) is 1. The molecule has 108 valence electrons. The van der Waals surface area contributed by atoms with Gasteiger partial charge < -0.3 is 10.7 Å². The minimum atomic E-state index is 0.519. The first kappa shape index (κ1) is 13.6. The first-order chi connectivity index (χ1) is 9.78. The first-order valence-corrected chi connectivity index (χ1v) is 7.97. The quantitative estimate of drug-likeness (QED) is 0.881. The average Bonchev–Trinajstić information content (AvgIpc) is 2.91. The smallest absolute Gasteiger partial charge is 0.110 e. The summed E-state index contributed by atoms with van der Waals surface area (Å²) in [5.41, 5.74) is 9.32. The van der Waals surface area contributed by atoms with E-state index in [9.17, 15) is 0 Å². The summed E-state index contributed by atoms with van der Waals surface area (Å²) in [4.78, 5) is 8.36. The molecule has 0 amide bonds. The van der Waals surface area contributed by atoms with Crippen LogP contribution in [0.25, 0.3) is 11.0 Å². The molecular weight excluding hydrogens is 246 g/mol. The van der Waals surface area contributed by atoms with Gasteiger partial charge in [0.25, 0.3) is 0 Å². The Labute approximate surface area is 121 Å². The molecule has 1 aliphatic rings. The minimum Gasteiger partial charge on any atom is -0.342 e. The van der Waals surface area contributed by atoms with Crippen LogP contribution in [-0.4, -0.2) is 16.5 Å². The van der Waals surface area contributed by atoms with Crippen molar-refractivity contribution in [1.82, 2.24) is 9.97 Å². The summed E-state index contributed by atoms with van der Waals surface area (Å²) in [5.74, 6) is 2.36. The SMILES string of the molecule is CC(CCN)c1ccc2nc(C3CCCCC3)[nH]c2c1. The molecular formula is C17H25N3. The fraction of sp³-hybridized carbons (Fsp3) is 0.588. The molecule has 20 heavy (non-hydrogen) atoms. The van der Waals surface area contributed by atoms with Gasteiger partial charge in [0.1, 0.15) is 5.82 Å². The van der Waals surface area contributed by atoms with Crippen LogP contribution in [0.15, 0.2) is 18.2 Å². The number of benzene rings is 1. The number of aromatic nitrogens is 2. The van der Waals surface area contributed by atoms with E-state index in [-0.39, 0.29) is 0 Å². The summed E-state index contributed by atoms with van der Waals surface area (Å²) < 4.78 is 0. The van der Waals surface area contributed by atoms with Crippen molar-refractivity contribution in [2.24, 2.45) is 5.73 Å². The van der Waals surface area contributed by atoms with Crippen LogP contribution in [0.5, 0.6) is 0 Å². The summed E-state index contributed by atoms with van der Waals surface area (Å²) >= 11 is 0. The van der Waals surface area contributed by atoms with Crippen LogP contribution in [0, 0.1) is 0 Å². The standard InChI is InChI=1S/C17H25N3/c1-12(9-10-18)14-7-8-15-16(11-14)20-17(19-15)13-5-3-2-4-6-13/h7-8,11-13H,2-6,9-10,18H2,1H3,(H,19,20). The van der Waals surface area contributed by atoms with E-state index in [2.05, 4.69) is 30.1 Å². The molecule has 0 radical (unpaired) electrons. The van der Waals surface area contributed by atoms with Gasteiger partial charge in [-0.2, -0.15) is 0 Å². The third kappa shape index (κ3) is 2.73. The number of nitrogens with two attached hydrogens (primary N) is 1. The highest BCUT2D eigenvalue weighted by Gasteiger charge is 2.19. The zero-order valence-corrected chi connectivity index (χ0v) is 12.4. The van der Waals surface area contributed by atoms with E-state index >= 15 is 0 Å². The van der Waals surface area contributed by atoms with Gasteiger partial charge in [-0.3, -0.25) is 0 Å². The second kappa shape index (κ2) is 5.96. The van der Waals surface area contributed by atoms with E-state index in [1.54, 1.807) is 0 Å². The minimum absolute atomic E-state index is 0.519. The van der Waals surface area contributed by atoms with Gasteiger partial charge in [-0.25, -0.2) is 4.98 Å². The van der Waals surface area contributed by atoms with Gasteiger partial charge in [-0.15, -0.1) is 0 Å². The molecule has 1 unspecified atom stereocenters. The van der Waals surface area contributed by atoms with Crippen LogP contribution in [0.3, 0.4) is 0 Å². The molecule has 3 N–H and O–H groups in total. The number of hydrogen-bond donors (Lipinski definition) is 2. The fourth-order valence-electron chi connectivity index (χ4n) is 3.34. The Bertz CT molecular complexity index is 567. The van der Waals surface area contributed by atoms with E-state index in [0.717, 1.165) is 18.5 Å². The molecule has 3 heteroatoms. The summed E-state index contributed by atoms with van der Waals surface area (Å²) in [6, 6.07) is 6.61. The number of imidazole rings is 1. The van der Waals surface area contributed by atoms with E-state index in [0.29, 0.717) is 11.8 Å². The molecule has 1 saturated carbocycles. The second-order valence-corrected chi connectivity index (χ2v) is 6.21. The van der Waals surface area contributed by atoms with Crippen molar-refractivity contribution in [2.45, 2.75) is 57.3 Å². The van der Waals surface area contributed by atoms with Crippen LogP contribution < -0.4 is 5.73 Å². The van der Waals surface area contributed by atoms with E-state index in [1.165, 1.54) is 49.0 Å². The lowest BCUT2D eigenvalue weighted by Gasteiger charge is -2.18. The van der Waals surface area contributed by atoms with Gasteiger partial charge in [-0.1, -0.05) is 32.3 Å². The molecule has 3 rings (SSSR count). The molecule has 1 heterocycles. The Morgan fingerprint density at radius 3 is 2.85 bits per heavy atom. The lowest BCUT2D eigenvalue weighted by molar-refractivity contribution is 0.431. The predicted octanol–water partition coefficient (Wildman–Crippen LogP) is 4.06. The Morgan fingerprint density at radius 1 is 1.30 bits per heavy atom. The zero-order valence-electron chi connectivity index (χ0n) is 12.4. The number of hydrogen-bond acceptors (Lipinski definition) is 2. The molecule has 0 saturated heterocycles. The van der Waals surface area contributed by atoms with Crippen molar-refractivity contribution in [2.75, 3.05) is 6.54 Å². The number of rotatable bonds is 4. The molecule has 3 nitrogen and oxygen atoms in total. The van der Waals surface area contributed by atoms with Gasteiger partial charge in [0.15, 0.2) is 0 Å². The predicted molar refractivity (Wildman–Crippen MR) is 84.0 cm³/mol. The normalized spacial score (nSPS) is 18.5. The van der Waals surface area contributed by atoms with Gasteiger partial charge >= 0.3 is 0 Å². The van der Waals surface area contributed by atoms with Crippen molar-refractivity contribution < 1.29 is 0 Å². The summed E-state index contributed by atoms with van der Waals surface area (Å²) in [6.07, 6.45) is 7.69. The molecule has 0 spiro atoms. The molecule has 1 aliphatic carbocycles. The number of aromatic amines is 1.